The Hall–Kier alpha value is -1.62. The molecular formula is C17H25N3O2. The van der Waals surface area contributed by atoms with Crippen LogP contribution in [0.15, 0.2) is 18.3 Å². The summed E-state index contributed by atoms with van der Waals surface area (Å²) in [7, 11) is 0. The zero-order valence-corrected chi connectivity index (χ0v) is 13.5. The predicted molar refractivity (Wildman–Crippen MR) is 86.2 cm³/mol. The van der Waals surface area contributed by atoms with Crippen LogP contribution in [0.2, 0.25) is 0 Å². The molecule has 0 amide bonds. The minimum Gasteiger partial charge on any atom is -0.459 e. The van der Waals surface area contributed by atoms with Crippen LogP contribution in [0.1, 0.15) is 43.5 Å². The molecular weight excluding hydrogens is 278 g/mol. The summed E-state index contributed by atoms with van der Waals surface area (Å²) in [5, 5.41) is 0. The standard InChI is InChI=1S/C17H25N3O2/c1-13(2)22-17(21)15-7-5-8-18-16(15)20-11-10-19-9-4-3-6-14(19)12-20/h5,7-8,13-14H,3-4,6,9-12H2,1-2H3. The minimum atomic E-state index is -0.274. The molecule has 0 aliphatic carbocycles. The van der Waals surface area contributed by atoms with Gasteiger partial charge >= 0.3 is 5.97 Å². The quantitative estimate of drug-likeness (QED) is 0.802. The Morgan fingerprint density at radius 3 is 3.00 bits per heavy atom. The van der Waals surface area contributed by atoms with E-state index in [-0.39, 0.29) is 12.1 Å². The molecule has 120 valence electrons. The van der Waals surface area contributed by atoms with E-state index >= 15 is 0 Å². The van der Waals surface area contributed by atoms with E-state index in [0.29, 0.717) is 11.6 Å². The van der Waals surface area contributed by atoms with Gasteiger partial charge in [0.15, 0.2) is 0 Å². The van der Waals surface area contributed by atoms with Crippen LogP contribution in [-0.2, 0) is 4.74 Å². The molecule has 22 heavy (non-hydrogen) atoms. The number of pyridine rings is 1. The molecule has 1 atom stereocenters. The molecule has 0 aromatic carbocycles. The first-order chi connectivity index (χ1) is 10.6. The number of carbonyl (C=O) groups excluding carboxylic acids is 1. The molecule has 5 nitrogen and oxygen atoms in total. The summed E-state index contributed by atoms with van der Waals surface area (Å²) >= 11 is 0. The molecule has 1 aromatic rings. The van der Waals surface area contributed by atoms with Crippen LogP contribution in [-0.4, -0.2) is 54.2 Å². The summed E-state index contributed by atoms with van der Waals surface area (Å²) < 4.78 is 5.36. The van der Waals surface area contributed by atoms with Crippen LogP contribution in [0.3, 0.4) is 0 Å². The van der Waals surface area contributed by atoms with E-state index in [1.54, 1.807) is 12.3 Å². The molecule has 0 N–H and O–H groups in total. The van der Waals surface area contributed by atoms with Crippen LogP contribution in [0.4, 0.5) is 5.82 Å². The highest BCUT2D eigenvalue weighted by molar-refractivity contribution is 5.94. The Kier molecular flexibility index (Phi) is 4.62. The fourth-order valence-electron chi connectivity index (χ4n) is 3.43. The average molecular weight is 303 g/mol. The summed E-state index contributed by atoms with van der Waals surface area (Å²) in [6, 6.07) is 4.22. The van der Waals surface area contributed by atoms with Crippen molar-refractivity contribution in [2.75, 3.05) is 31.1 Å². The van der Waals surface area contributed by atoms with Gasteiger partial charge in [-0.05, 0) is 45.4 Å². The summed E-state index contributed by atoms with van der Waals surface area (Å²) in [4.78, 5) is 21.6. The van der Waals surface area contributed by atoms with Crippen molar-refractivity contribution >= 4 is 11.8 Å². The second-order valence-corrected chi connectivity index (χ2v) is 6.46. The van der Waals surface area contributed by atoms with E-state index in [4.69, 9.17) is 4.74 Å². The van der Waals surface area contributed by atoms with Gasteiger partial charge in [-0.2, -0.15) is 0 Å². The molecule has 0 bridgehead atoms. The lowest BCUT2D eigenvalue weighted by atomic mass is 9.99. The van der Waals surface area contributed by atoms with Gasteiger partial charge in [-0.1, -0.05) is 6.42 Å². The Balaban J connectivity index is 1.78. The first-order valence-corrected chi connectivity index (χ1v) is 8.30. The largest absolute Gasteiger partial charge is 0.459 e. The van der Waals surface area contributed by atoms with Crippen LogP contribution >= 0.6 is 0 Å². The van der Waals surface area contributed by atoms with Gasteiger partial charge in [-0.3, -0.25) is 4.90 Å². The van der Waals surface area contributed by atoms with Crippen molar-refractivity contribution in [3.8, 4) is 0 Å². The number of hydrogen-bond donors (Lipinski definition) is 0. The molecule has 5 heteroatoms. The second-order valence-electron chi connectivity index (χ2n) is 6.46. The third-order valence-corrected chi connectivity index (χ3v) is 4.49. The smallest absolute Gasteiger partial charge is 0.342 e. The minimum absolute atomic E-state index is 0.115. The number of esters is 1. The van der Waals surface area contributed by atoms with Crippen molar-refractivity contribution in [3.63, 3.8) is 0 Å². The van der Waals surface area contributed by atoms with E-state index in [1.165, 1.54) is 25.8 Å². The lowest BCUT2D eigenvalue weighted by molar-refractivity contribution is 0.0377. The lowest BCUT2D eigenvalue weighted by Crippen LogP contribution is -2.55. The SMILES string of the molecule is CC(C)OC(=O)c1cccnc1N1CCN2CCCCC2C1. The molecule has 1 aromatic heterocycles. The fraction of sp³-hybridized carbons (Fsp3) is 0.647. The third-order valence-electron chi connectivity index (χ3n) is 4.49. The van der Waals surface area contributed by atoms with E-state index in [1.807, 2.05) is 19.9 Å². The molecule has 3 rings (SSSR count). The number of hydrogen-bond acceptors (Lipinski definition) is 5. The van der Waals surface area contributed by atoms with Crippen molar-refractivity contribution in [1.82, 2.24) is 9.88 Å². The zero-order chi connectivity index (χ0) is 15.5. The molecule has 0 spiro atoms. The van der Waals surface area contributed by atoms with Gasteiger partial charge in [0.25, 0.3) is 0 Å². The summed E-state index contributed by atoms with van der Waals surface area (Å²) in [5.41, 5.74) is 0.584. The van der Waals surface area contributed by atoms with Crippen LogP contribution in [0.25, 0.3) is 0 Å². The van der Waals surface area contributed by atoms with Gasteiger partial charge < -0.3 is 9.64 Å². The monoisotopic (exact) mass is 303 g/mol. The number of ether oxygens (including phenoxy) is 1. The molecule has 1 unspecified atom stereocenters. The van der Waals surface area contributed by atoms with Crippen molar-refractivity contribution in [2.24, 2.45) is 0 Å². The number of fused-ring (bicyclic) bond motifs is 1. The number of carbonyl (C=O) groups is 1. The summed E-state index contributed by atoms with van der Waals surface area (Å²) in [5.74, 6) is 0.502. The van der Waals surface area contributed by atoms with E-state index in [9.17, 15) is 4.79 Å². The third kappa shape index (κ3) is 3.24. The van der Waals surface area contributed by atoms with Gasteiger partial charge in [0, 0.05) is 31.9 Å². The predicted octanol–water partition coefficient (Wildman–Crippen LogP) is 2.32. The van der Waals surface area contributed by atoms with Gasteiger partial charge in [0.1, 0.15) is 11.4 Å². The summed E-state index contributed by atoms with van der Waals surface area (Å²) in [6.45, 7) is 7.89. The molecule has 3 heterocycles. The molecule has 2 fully saturated rings. The van der Waals surface area contributed by atoms with E-state index < -0.39 is 0 Å². The number of piperazine rings is 1. The van der Waals surface area contributed by atoms with Crippen molar-refractivity contribution in [3.05, 3.63) is 23.9 Å². The highest BCUT2D eigenvalue weighted by Gasteiger charge is 2.31. The first-order valence-electron chi connectivity index (χ1n) is 8.30. The van der Waals surface area contributed by atoms with Gasteiger partial charge in [-0.25, -0.2) is 9.78 Å². The average Bonchev–Trinajstić information content (AvgIpc) is 2.54. The Labute approximate surface area is 132 Å². The lowest BCUT2D eigenvalue weighted by Gasteiger charge is -2.44. The van der Waals surface area contributed by atoms with Crippen LogP contribution in [0.5, 0.6) is 0 Å². The number of rotatable bonds is 3. The first kappa shape index (κ1) is 15.3. The Bertz CT molecular complexity index is 532. The zero-order valence-electron chi connectivity index (χ0n) is 13.5. The maximum Gasteiger partial charge on any atom is 0.342 e. The van der Waals surface area contributed by atoms with Crippen LogP contribution in [0, 0.1) is 0 Å². The Morgan fingerprint density at radius 2 is 2.18 bits per heavy atom. The molecule has 0 saturated carbocycles. The number of nitrogens with zero attached hydrogens (tertiary/aromatic N) is 3. The van der Waals surface area contributed by atoms with Crippen LogP contribution < -0.4 is 4.90 Å². The Morgan fingerprint density at radius 1 is 1.32 bits per heavy atom. The number of anilines is 1. The second kappa shape index (κ2) is 6.65. The van der Waals surface area contributed by atoms with Gasteiger partial charge in [-0.15, -0.1) is 0 Å². The molecule has 2 aliphatic heterocycles. The molecule has 2 saturated heterocycles. The van der Waals surface area contributed by atoms with Crippen molar-refractivity contribution in [1.29, 1.82) is 0 Å². The maximum atomic E-state index is 12.3. The fourth-order valence-corrected chi connectivity index (χ4v) is 3.43. The molecule has 2 aliphatic rings. The van der Waals surface area contributed by atoms with Gasteiger partial charge in [0.2, 0.25) is 0 Å². The van der Waals surface area contributed by atoms with E-state index in [2.05, 4.69) is 14.8 Å². The topological polar surface area (TPSA) is 45.7 Å². The van der Waals surface area contributed by atoms with E-state index in [0.717, 1.165) is 25.5 Å². The summed E-state index contributed by atoms with van der Waals surface area (Å²) in [6.07, 6.45) is 5.51. The number of piperidine rings is 1. The highest BCUT2D eigenvalue weighted by atomic mass is 16.5. The highest BCUT2D eigenvalue weighted by Crippen LogP contribution is 2.26. The van der Waals surface area contributed by atoms with Gasteiger partial charge in [0.05, 0.1) is 6.10 Å². The van der Waals surface area contributed by atoms with Crippen molar-refractivity contribution in [2.45, 2.75) is 45.3 Å². The molecule has 0 radical (unpaired) electrons. The maximum absolute atomic E-state index is 12.3. The van der Waals surface area contributed by atoms with Crippen molar-refractivity contribution < 1.29 is 9.53 Å². The normalized spacial score (nSPS) is 22.5. The number of aromatic nitrogens is 1.